The molecule has 4 heterocycles. The quantitative estimate of drug-likeness (QED) is 0.687. The van der Waals surface area contributed by atoms with Crippen molar-refractivity contribution in [3.8, 4) is 11.5 Å². The molecule has 0 unspecified atom stereocenters. The van der Waals surface area contributed by atoms with Gasteiger partial charge in [-0.1, -0.05) is 0 Å². The van der Waals surface area contributed by atoms with Crippen LogP contribution >= 0.6 is 0 Å². The topological polar surface area (TPSA) is 78.7 Å². The molecule has 2 aromatic rings. The summed E-state index contributed by atoms with van der Waals surface area (Å²) in [6.07, 6.45) is 7.57. The van der Waals surface area contributed by atoms with Gasteiger partial charge in [0.15, 0.2) is 0 Å². The first-order valence-corrected chi connectivity index (χ1v) is 12.0. The van der Waals surface area contributed by atoms with Crippen LogP contribution in [0.15, 0.2) is 30.9 Å². The van der Waals surface area contributed by atoms with E-state index in [9.17, 15) is 4.79 Å². The lowest BCUT2D eigenvalue weighted by Gasteiger charge is -2.54. The first-order valence-electron chi connectivity index (χ1n) is 12.0. The SMILES string of the molecule is COc1ccc2c(c1)[C@H]1OCC3(CCN(C(=O)CCCn4cncn4)CC3)C[C@@H]1C(C)(C)O2. The van der Waals surface area contributed by atoms with Crippen LogP contribution in [0.2, 0.25) is 0 Å². The molecule has 0 radical (unpaired) electrons. The van der Waals surface area contributed by atoms with Crippen LogP contribution in [-0.2, 0) is 16.1 Å². The summed E-state index contributed by atoms with van der Waals surface area (Å²) in [5, 5.41) is 4.10. The van der Waals surface area contributed by atoms with E-state index in [1.54, 1.807) is 18.1 Å². The summed E-state index contributed by atoms with van der Waals surface area (Å²) in [5.41, 5.74) is 0.887. The Morgan fingerprint density at radius 3 is 2.82 bits per heavy atom. The number of methoxy groups -OCH3 is 1. The minimum Gasteiger partial charge on any atom is -0.497 e. The van der Waals surface area contributed by atoms with Crippen molar-refractivity contribution in [1.29, 1.82) is 0 Å². The van der Waals surface area contributed by atoms with Gasteiger partial charge in [-0.05, 0) is 63.1 Å². The monoisotopic (exact) mass is 454 g/mol. The second kappa shape index (κ2) is 8.63. The summed E-state index contributed by atoms with van der Waals surface area (Å²) in [6, 6.07) is 5.99. The Labute approximate surface area is 195 Å². The second-order valence-corrected chi connectivity index (χ2v) is 10.3. The van der Waals surface area contributed by atoms with E-state index in [1.807, 2.05) is 17.0 Å². The molecule has 2 fully saturated rings. The molecule has 0 N–H and O–H groups in total. The predicted molar refractivity (Wildman–Crippen MR) is 122 cm³/mol. The van der Waals surface area contributed by atoms with E-state index in [0.29, 0.717) is 6.42 Å². The normalized spacial score (nSPS) is 25.1. The number of amides is 1. The zero-order valence-electron chi connectivity index (χ0n) is 19.8. The van der Waals surface area contributed by atoms with Gasteiger partial charge < -0.3 is 19.1 Å². The number of likely N-dealkylation sites (tertiary alicyclic amines) is 1. The molecule has 33 heavy (non-hydrogen) atoms. The molecule has 1 spiro atoms. The van der Waals surface area contributed by atoms with Crippen molar-refractivity contribution in [3.63, 3.8) is 0 Å². The zero-order chi connectivity index (χ0) is 23.1. The van der Waals surface area contributed by atoms with Gasteiger partial charge >= 0.3 is 0 Å². The molecule has 3 aliphatic heterocycles. The molecule has 178 valence electrons. The van der Waals surface area contributed by atoms with Gasteiger partial charge in [-0.25, -0.2) is 4.98 Å². The molecule has 1 amide bonds. The van der Waals surface area contributed by atoms with E-state index in [-0.39, 0.29) is 28.9 Å². The summed E-state index contributed by atoms with van der Waals surface area (Å²) >= 11 is 0. The smallest absolute Gasteiger partial charge is 0.222 e. The van der Waals surface area contributed by atoms with Crippen LogP contribution < -0.4 is 9.47 Å². The molecule has 2 saturated heterocycles. The van der Waals surface area contributed by atoms with Crippen LogP contribution in [0.5, 0.6) is 11.5 Å². The van der Waals surface area contributed by atoms with Crippen LogP contribution in [0.25, 0.3) is 0 Å². The molecule has 3 aliphatic rings. The van der Waals surface area contributed by atoms with Gasteiger partial charge in [0.25, 0.3) is 0 Å². The molecule has 2 atom stereocenters. The number of aryl methyl sites for hydroxylation is 1. The Balaban J connectivity index is 1.21. The fraction of sp³-hybridized carbons (Fsp3) is 0.640. The van der Waals surface area contributed by atoms with Crippen LogP contribution in [0.4, 0.5) is 0 Å². The summed E-state index contributed by atoms with van der Waals surface area (Å²) in [6.45, 7) is 7.40. The van der Waals surface area contributed by atoms with Crippen LogP contribution in [0.1, 0.15) is 57.6 Å². The third-order valence-electron chi connectivity index (χ3n) is 7.80. The first-order chi connectivity index (χ1) is 15.9. The number of aromatic nitrogens is 3. The lowest BCUT2D eigenvalue weighted by Crippen LogP contribution is -2.54. The van der Waals surface area contributed by atoms with Gasteiger partial charge in [0, 0.05) is 37.5 Å². The summed E-state index contributed by atoms with van der Waals surface area (Å²) < 4.78 is 20.3. The third-order valence-corrected chi connectivity index (χ3v) is 7.80. The zero-order valence-corrected chi connectivity index (χ0v) is 19.8. The van der Waals surface area contributed by atoms with E-state index < -0.39 is 0 Å². The highest BCUT2D eigenvalue weighted by molar-refractivity contribution is 5.76. The molecule has 8 nitrogen and oxygen atoms in total. The van der Waals surface area contributed by atoms with Crippen molar-refractivity contribution in [3.05, 3.63) is 36.4 Å². The summed E-state index contributed by atoms with van der Waals surface area (Å²) in [7, 11) is 1.69. The van der Waals surface area contributed by atoms with Crippen LogP contribution in [0, 0.1) is 11.3 Å². The molecule has 5 rings (SSSR count). The van der Waals surface area contributed by atoms with E-state index in [4.69, 9.17) is 14.2 Å². The minimum absolute atomic E-state index is 0.0147. The Bertz CT molecular complexity index is 982. The fourth-order valence-corrected chi connectivity index (χ4v) is 5.74. The average molecular weight is 455 g/mol. The highest BCUT2D eigenvalue weighted by Crippen LogP contribution is 2.55. The number of carbonyl (C=O) groups is 1. The third kappa shape index (κ3) is 4.33. The van der Waals surface area contributed by atoms with E-state index in [2.05, 4.69) is 30.0 Å². The molecule has 0 saturated carbocycles. The van der Waals surface area contributed by atoms with Crippen molar-refractivity contribution in [2.75, 3.05) is 26.8 Å². The molecular formula is C25H34N4O4. The number of benzene rings is 1. The van der Waals surface area contributed by atoms with E-state index in [1.165, 1.54) is 6.33 Å². The molecule has 8 heteroatoms. The largest absolute Gasteiger partial charge is 0.497 e. The number of carbonyl (C=O) groups excluding carboxylic acids is 1. The molecule has 0 aliphatic carbocycles. The lowest BCUT2D eigenvalue weighted by molar-refractivity contribution is -0.176. The lowest BCUT2D eigenvalue weighted by atomic mass is 9.64. The maximum atomic E-state index is 12.7. The Morgan fingerprint density at radius 2 is 2.09 bits per heavy atom. The standard InChI is InChI=1S/C25H34N4O4/c1-24(2)20-14-25(15-32-23(20)19-13-18(31-3)6-7-21(19)33-24)8-11-28(12-9-25)22(30)5-4-10-29-17-26-16-27-29/h6-7,13,16-17,20,23H,4-5,8-12,14-15H2,1-3H3/t20-,23+/m0/s1. The molecule has 1 aromatic heterocycles. The Hall–Kier alpha value is -2.61. The predicted octanol–water partition coefficient (Wildman–Crippen LogP) is 3.62. The summed E-state index contributed by atoms with van der Waals surface area (Å²) in [5.74, 6) is 2.22. The van der Waals surface area contributed by atoms with E-state index >= 15 is 0 Å². The van der Waals surface area contributed by atoms with Gasteiger partial charge in [-0.3, -0.25) is 9.48 Å². The van der Waals surface area contributed by atoms with Crippen LogP contribution in [-0.4, -0.2) is 58.0 Å². The first kappa shape index (κ1) is 22.2. The van der Waals surface area contributed by atoms with Gasteiger partial charge in [0.1, 0.15) is 29.8 Å². The number of hydrogen-bond donors (Lipinski definition) is 0. The average Bonchev–Trinajstić information content (AvgIpc) is 3.33. The second-order valence-electron chi connectivity index (χ2n) is 10.3. The molecule has 0 bridgehead atoms. The van der Waals surface area contributed by atoms with Crippen molar-refractivity contribution < 1.29 is 19.0 Å². The number of ether oxygens (including phenoxy) is 3. The minimum atomic E-state index is -0.312. The Kier molecular flexibility index (Phi) is 5.80. The Morgan fingerprint density at radius 1 is 1.27 bits per heavy atom. The fourth-order valence-electron chi connectivity index (χ4n) is 5.74. The van der Waals surface area contributed by atoms with Gasteiger partial charge in [0.2, 0.25) is 5.91 Å². The maximum Gasteiger partial charge on any atom is 0.222 e. The van der Waals surface area contributed by atoms with Crippen LogP contribution in [0.3, 0.4) is 0 Å². The molecular weight excluding hydrogens is 420 g/mol. The van der Waals surface area contributed by atoms with Gasteiger partial charge in [-0.15, -0.1) is 0 Å². The highest BCUT2D eigenvalue weighted by atomic mass is 16.5. The van der Waals surface area contributed by atoms with Crippen molar-refractivity contribution in [2.24, 2.45) is 11.3 Å². The van der Waals surface area contributed by atoms with E-state index in [0.717, 1.165) is 69.0 Å². The van der Waals surface area contributed by atoms with Crippen molar-refractivity contribution >= 4 is 5.91 Å². The summed E-state index contributed by atoms with van der Waals surface area (Å²) in [4.78, 5) is 18.7. The van der Waals surface area contributed by atoms with Gasteiger partial charge in [-0.2, -0.15) is 5.10 Å². The highest BCUT2D eigenvalue weighted by Gasteiger charge is 2.53. The number of nitrogens with zero attached hydrogens (tertiary/aromatic N) is 4. The van der Waals surface area contributed by atoms with Crippen molar-refractivity contribution in [2.45, 2.75) is 64.2 Å². The maximum absolute atomic E-state index is 12.7. The van der Waals surface area contributed by atoms with Crippen molar-refractivity contribution in [1.82, 2.24) is 19.7 Å². The number of rotatable bonds is 5. The number of hydrogen-bond acceptors (Lipinski definition) is 6. The number of fused-ring (bicyclic) bond motifs is 3. The van der Waals surface area contributed by atoms with Gasteiger partial charge in [0.05, 0.1) is 19.8 Å². The number of piperidine rings is 1. The molecule has 1 aromatic carbocycles.